The van der Waals surface area contributed by atoms with E-state index in [4.69, 9.17) is 5.73 Å². The smallest absolute Gasteiger partial charge is 0.211 e. The van der Waals surface area contributed by atoms with Crippen molar-refractivity contribution >= 4 is 21.4 Å². The Labute approximate surface area is 107 Å². The van der Waals surface area contributed by atoms with Gasteiger partial charge in [0.25, 0.3) is 0 Å². The molecule has 0 atom stereocenters. The highest BCUT2D eigenvalue weighted by Gasteiger charge is 2.09. The maximum Gasteiger partial charge on any atom is 0.211 e. The van der Waals surface area contributed by atoms with Crippen LogP contribution in [0.3, 0.4) is 0 Å². The van der Waals surface area contributed by atoms with Gasteiger partial charge in [0.05, 0.1) is 5.75 Å². The van der Waals surface area contributed by atoms with Gasteiger partial charge in [0.15, 0.2) is 0 Å². The monoisotopic (exact) mass is 276 g/mol. The number of sulfonamides is 1. The molecule has 1 aromatic rings. The molecule has 4 nitrogen and oxygen atoms in total. The molecule has 0 saturated carbocycles. The van der Waals surface area contributed by atoms with Crippen molar-refractivity contribution in [1.29, 1.82) is 0 Å². The van der Waals surface area contributed by atoms with Crippen molar-refractivity contribution in [2.75, 3.05) is 12.3 Å². The van der Waals surface area contributed by atoms with Crippen LogP contribution in [0.25, 0.3) is 0 Å². The summed E-state index contributed by atoms with van der Waals surface area (Å²) in [5.41, 5.74) is 5.33. The van der Waals surface area contributed by atoms with Gasteiger partial charge in [-0.2, -0.15) is 0 Å². The van der Waals surface area contributed by atoms with Gasteiger partial charge in [-0.3, -0.25) is 0 Å². The maximum absolute atomic E-state index is 11.6. The summed E-state index contributed by atoms with van der Waals surface area (Å²) in [6.45, 7) is 3.03. The first-order chi connectivity index (χ1) is 8.07. The van der Waals surface area contributed by atoms with E-state index in [1.54, 1.807) is 11.3 Å². The molecule has 0 unspecified atom stereocenters. The van der Waals surface area contributed by atoms with Crippen LogP contribution in [-0.2, 0) is 23.0 Å². The van der Waals surface area contributed by atoms with Gasteiger partial charge in [-0.25, -0.2) is 13.1 Å². The summed E-state index contributed by atoms with van der Waals surface area (Å²) >= 11 is 1.65. The Bertz CT molecular complexity index is 426. The van der Waals surface area contributed by atoms with E-state index in [0.717, 1.165) is 17.7 Å². The molecular weight excluding hydrogens is 256 g/mol. The fourth-order valence-electron chi connectivity index (χ4n) is 1.40. The van der Waals surface area contributed by atoms with Crippen molar-refractivity contribution in [2.45, 2.75) is 32.7 Å². The number of unbranched alkanes of at least 4 members (excludes halogenated alkanes) is 1. The Morgan fingerprint density at radius 2 is 2.00 bits per heavy atom. The largest absolute Gasteiger partial charge is 0.330 e. The van der Waals surface area contributed by atoms with Crippen molar-refractivity contribution < 1.29 is 8.42 Å². The van der Waals surface area contributed by atoms with Crippen molar-refractivity contribution in [1.82, 2.24) is 4.72 Å². The predicted octanol–water partition coefficient (Wildman–Crippen LogP) is 1.47. The second-order valence-electron chi connectivity index (χ2n) is 3.86. The molecule has 0 amide bonds. The number of thiophene rings is 1. The topological polar surface area (TPSA) is 72.2 Å². The van der Waals surface area contributed by atoms with Crippen molar-refractivity contribution in [3.63, 3.8) is 0 Å². The van der Waals surface area contributed by atoms with Gasteiger partial charge in [0, 0.05) is 16.3 Å². The van der Waals surface area contributed by atoms with Crippen LogP contribution in [-0.4, -0.2) is 20.7 Å². The molecule has 0 bridgehead atoms. The van der Waals surface area contributed by atoms with E-state index in [9.17, 15) is 8.42 Å². The second-order valence-corrected chi connectivity index (χ2v) is 7.04. The Kier molecular flexibility index (Phi) is 6.11. The molecule has 0 saturated heterocycles. The van der Waals surface area contributed by atoms with Gasteiger partial charge >= 0.3 is 0 Å². The molecule has 0 fully saturated rings. The maximum atomic E-state index is 11.6. The molecule has 0 aromatic carbocycles. The zero-order valence-electron chi connectivity index (χ0n) is 10.1. The summed E-state index contributed by atoms with van der Waals surface area (Å²) in [7, 11) is -3.15. The normalized spacial score (nSPS) is 11.9. The molecule has 1 heterocycles. The molecule has 0 spiro atoms. The van der Waals surface area contributed by atoms with E-state index in [-0.39, 0.29) is 5.75 Å². The average molecular weight is 276 g/mol. The fourth-order valence-corrected chi connectivity index (χ4v) is 3.49. The molecule has 0 aliphatic rings. The van der Waals surface area contributed by atoms with Crippen molar-refractivity contribution in [3.8, 4) is 0 Å². The zero-order valence-corrected chi connectivity index (χ0v) is 11.7. The molecule has 3 N–H and O–H groups in total. The third kappa shape index (κ3) is 5.63. The summed E-state index contributed by atoms with van der Waals surface area (Å²) in [6, 6.07) is 4.02. The highest BCUT2D eigenvalue weighted by atomic mass is 32.2. The molecule has 0 aliphatic heterocycles. The van der Waals surface area contributed by atoms with E-state index >= 15 is 0 Å². The van der Waals surface area contributed by atoms with E-state index in [0.29, 0.717) is 19.5 Å². The Morgan fingerprint density at radius 1 is 1.29 bits per heavy atom. The van der Waals surface area contributed by atoms with Gasteiger partial charge in [0.2, 0.25) is 10.0 Å². The van der Waals surface area contributed by atoms with Crippen LogP contribution in [0, 0.1) is 0 Å². The SMILES string of the molecule is CCc1ccc(CNS(=O)(=O)CCCCN)s1. The first-order valence-corrected chi connectivity index (χ1v) is 8.29. The molecule has 17 heavy (non-hydrogen) atoms. The van der Waals surface area contributed by atoms with E-state index in [1.165, 1.54) is 4.88 Å². The zero-order chi connectivity index (χ0) is 12.7. The Morgan fingerprint density at radius 3 is 2.59 bits per heavy atom. The van der Waals surface area contributed by atoms with E-state index in [1.807, 2.05) is 12.1 Å². The standard InChI is InChI=1S/C11H20N2O2S2/c1-2-10-5-6-11(16-10)9-13-17(14,15)8-4-3-7-12/h5-6,13H,2-4,7-9,12H2,1H3. The van der Waals surface area contributed by atoms with Crippen LogP contribution < -0.4 is 10.5 Å². The lowest BCUT2D eigenvalue weighted by molar-refractivity contribution is 0.577. The highest BCUT2D eigenvalue weighted by molar-refractivity contribution is 7.89. The minimum atomic E-state index is -3.15. The lowest BCUT2D eigenvalue weighted by Gasteiger charge is -2.04. The quantitative estimate of drug-likeness (QED) is 0.706. The lowest BCUT2D eigenvalue weighted by Crippen LogP contribution is -2.25. The summed E-state index contributed by atoms with van der Waals surface area (Å²) in [4.78, 5) is 2.34. The second kappa shape index (κ2) is 7.10. The molecule has 0 radical (unpaired) electrons. The Hall–Kier alpha value is -0.430. The molecule has 1 aromatic heterocycles. The number of nitrogens with two attached hydrogens (primary N) is 1. The van der Waals surface area contributed by atoms with Crippen LogP contribution in [0.1, 0.15) is 29.5 Å². The van der Waals surface area contributed by atoms with Crippen LogP contribution in [0.5, 0.6) is 0 Å². The third-order valence-electron chi connectivity index (χ3n) is 2.40. The minimum Gasteiger partial charge on any atom is -0.330 e. The van der Waals surface area contributed by atoms with Gasteiger partial charge in [0.1, 0.15) is 0 Å². The fraction of sp³-hybridized carbons (Fsp3) is 0.636. The summed E-state index contributed by atoms with van der Waals surface area (Å²) < 4.78 is 25.8. The van der Waals surface area contributed by atoms with Gasteiger partial charge in [-0.15, -0.1) is 11.3 Å². The van der Waals surface area contributed by atoms with Crippen molar-refractivity contribution in [3.05, 3.63) is 21.9 Å². The average Bonchev–Trinajstić information content (AvgIpc) is 2.75. The van der Waals surface area contributed by atoms with Crippen LogP contribution >= 0.6 is 11.3 Å². The molecule has 0 aliphatic carbocycles. The number of aryl methyl sites for hydroxylation is 1. The number of hydrogen-bond acceptors (Lipinski definition) is 4. The van der Waals surface area contributed by atoms with Crippen LogP contribution in [0.4, 0.5) is 0 Å². The molecule has 98 valence electrons. The van der Waals surface area contributed by atoms with E-state index in [2.05, 4.69) is 11.6 Å². The molecule has 6 heteroatoms. The molecular formula is C11H20N2O2S2. The third-order valence-corrected chi connectivity index (χ3v) is 5.04. The number of rotatable bonds is 8. The predicted molar refractivity (Wildman–Crippen MR) is 72.6 cm³/mol. The van der Waals surface area contributed by atoms with Gasteiger partial charge in [-0.05, 0) is 37.9 Å². The number of nitrogens with one attached hydrogen (secondary N) is 1. The summed E-state index contributed by atoms with van der Waals surface area (Å²) in [6.07, 6.45) is 2.37. The summed E-state index contributed by atoms with van der Waals surface area (Å²) in [5.74, 6) is 0.163. The highest BCUT2D eigenvalue weighted by Crippen LogP contribution is 2.16. The lowest BCUT2D eigenvalue weighted by atomic mass is 10.3. The first kappa shape index (κ1) is 14.6. The van der Waals surface area contributed by atoms with E-state index < -0.39 is 10.0 Å². The minimum absolute atomic E-state index is 0.163. The first-order valence-electron chi connectivity index (χ1n) is 5.82. The van der Waals surface area contributed by atoms with Crippen LogP contribution in [0.2, 0.25) is 0 Å². The van der Waals surface area contributed by atoms with Crippen LogP contribution in [0.15, 0.2) is 12.1 Å². The Balaban J connectivity index is 2.38. The number of hydrogen-bond donors (Lipinski definition) is 2. The van der Waals surface area contributed by atoms with Gasteiger partial charge in [-0.1, -0.05) is 6.92 Å². The molecule has 1 rings (SSSR count). The van der Waals surface area contributed by atoms with Crippen molar-refractivity contribution in [2.24, 2.45) is 5.73 Å². The summed E-state index contributed by atoms with van der Waals surface area (Å²) in [5, 5.41) is 0. The van der Waals surface area contributed by atoms with Gasteiger partial charge < -0.3 is 5.73 Å².